The highest BCUT2D eigenvalue weighted by Crippen LogP contribution is 2.12. The Morgan fingerprint density at radius 2 is 2.05 bits per heavy atom. The van der Waals surface area contributed by atoms with Crippen LogP contribution >= 0.6 is 0 Å². The molecule has 1 N–H and O–H groups in total. The van der Waals surface area contributed by atoms with E-state index in [-0.39, 0.29) is 5.91 Å². The summed E-state index contributed by atoms with van der Waals surface area (Å²) in [7, 11) is 0. The molecule has 0 aliphatic heterocycles. The summed E-state index contributed by atoms with van der Waals surface area (Å²) in [5.41, 5.74) is 3.61. The van der Waals surface area contributed by atoms with E-state index >= 15 is 0 Å². The Bertz CT molecular complexity index is 586. The van der Waals surface area contributed by atoms with Crippen LogP contribution in [0.25, 0.3) is 0 Å². The van der Waals surface area contributed by atoms with Crippen molar-refractivity contribution in [3.05, 3.63) is 54.0 Å². The number of benzene rings is 1. The fourth-order valence-electron chi connectivity index (χ4n) is 1.61. The molecule has 2 aromatic rings. The fourth-order valence-corrected chi connectivity index (χ4v) is 1.61. The smallest absolute Gasteiger partial charge is 0.271 e. The van der Waals surface area contributed by atoms with Gasteiger partial charge in [-0.1, -0.05) is 0 Å². The number of nitrogens with zero attached hydrogens (tertiary/aromatic N) is 1. The van der Waals surface area contributed by atoms with Crippen molar-refractivity contribution in [1.29, 1.82) is 0 Å². The third-order valence-electron chi connectivity index (χ3n) is 2.63. The number of carbonyl (C=O) groups excluding carboxylic acids is 1. The second-order valence-corrected chi connectivity index (χ2v) is 4.07. The molecule has 1 amide bonds. The highest BCUT2D eigenvalue weighted by Gasteiger charge is 2.06. The van der Waals surface area contributed by atoms with E-state index in [9.17, 15) is 4.79 Å². The maximum absolute atomic E-state index is 11.9. The molecule has 0 atom stereocenters. The van der Waals surface area contributed by atoms with Gasteiger partial charge in [0.05, 0.1) is 12.9 Å². The van der Waals surface area contributed by atoms with Crippen LogP contribution in [0.2, 0.25) is 0 Å². The molecule has 20 heavy (non-hydrogen) atoms. The molecule has 0 radical (unpaired) electrons. The van der Waals surface area contributed by atoms with Crippen molar-refractivity contribution in [2.75, 3.05) is 6.61 Å². The Balaban J connectivity index is 1.99. The summed E-state index contributed by atoms with van der Waals surface area (Å²) >= 11 is 0. The monoisotopic (exact) mass is 272 g/mol. The van der Waals surface area contributed by atoms with Gasteiger partial charge in [0.2, 0.25) is 0 Å². The van der Waals surface area contributed by atoms with Crippen molar-refractivity contribution in [3.63, 3.8) is 0 Å². The van der Waals surface area contributed by atoms with Crippen LogP contribution in [0.1, 0.15) is 30.0 Å². The SMILES string of the molecule is CCOc1ccc(C(=O)NN=C(C)c2ccco2)cc1. The maximum atomic E-state index is 11.9. The van der Waals surface area contributed by atoms with Crippen LogP contribution in [-0.2, 0) is 0 Å². The maximum Gasteiger partial charge on any atom is 0.271 e. The van der Waals surface area contributed by atoms with Crippen LogP contribution in [0.5, 0.6) is 5.75 Å². The molecule has 5 nitrogen and oxygen atoms in total. The van der Waals surface area contributed by atoms with Gasteiger partial charge in [0, 0.05) is 5.56 Å². The summed E-state index contributed by atoms with van der Waals surface area (Å²) in [6.07, 6.45) is 1.56. The van der Waals surface area contributed by atoms with E-state index < -0.39 is 0 Å². The summed E-state index contributed by atoms with van der Waals surface area (Å²) in [6, 6.07) is 10.4. The van der Waals surface area contributed by atoms with Crippen LogP contribution in [-0.4, -0.2) is 18.2 Å². The van der Waals surface area contributed by atoms with E-state index in [1.807, 2.05) is 6.92 Å². The Morgan fingerprint density at radius 3 is 2.65 bits per heavy atom. The first kappa shape index (κ1) is 13.9. The Labute approximate surface area is 117 Å². The molecule has 2 rings (SSSR count). The van der Waals surface area contributed by atoms with Gasteiger partial charge in [-0.15, -0.1) is 0 Å². The van der Waals surface area contributed by atoms with Gasteiger partial charge in [-0.05, 0) is 50.2 Å². The molecule has 0 fully saturated rings. The lowest BCUT2D eigenvalue weighted by Gasteiger charge is -2.04. The number of hydrazone groups is 1. The number of rotatable bonds is 5. The standard InChI is InChI=1S/C15H16N2O3/c1-3-19-13-8-6-12(7-9-13)15(18)17-16-11(2)14-5-4-10-20-14/h4-10H,3H2,1-2H3,(H,17,18). The van der Waals surface area contributed by atoms with E-state index in [2.05, 4.69) is 10.5 Å². The van der Waals surface area contributed by atoms with Gasteiger partial charge in [-0.25, -0.2) is 5.43 Å². The number of nitrogens with one attached hydrogen (secondary N) is 1. The van der Waals surface area contributed by atoms with Crippen LogP contribution < -0.4 is 10.2 Å². The lowest BCUT2D eigenvalue weighted by Crippen LogP contribution is -2.19. The molecule has 1 heterocycles. The van der Waals surface area contributed by atoms with Gasteiger partial charge in [0.25, 0.3) is 5.91 Å². The predicted molar refractivity (Wildman–Crippen MR) is 76.0 cm³/mol. The summed E-state index contributed by atoms with van der Waals surface area (Å²) < 4.78 is 10.5. The van der Waals surface area contributed by atoms with Crippen molar-refractivity contribution in [3.8, 4) is 5.75 Å². The average molecular weight is 272 g/mol. The van der Waals surface area contributed by atoms with E-state index in [1.54, 1.807) is 49.6 Å². The van der Waals surface area contributed by atoms with Gasteiger partial charge in [0.1, 0.15) is 17.2 Å². The minimum absolute atomic E-state index is 0.279. The van der Waals surface area contributed by atoms with Gasteiger partial charge in [-0.3, -0.25) is 4.79 Å². The molecule has 0 spiro atoms. The zero-order valence-electron chi connectivity index (χ0n) is 11.4. The molecule has 5 heteroatoms. The van der Waals surface area contributed by atoms with Crippen molar-refractivity contribution in [2.45, 2.75) is 13.8 Å². The van der Waals surface area contributed by atoms with E-state index in [0.29, 0.717) is 23.6 Å². The van der Waals surface area contributed by atoms with Gasteiger partial charge in [-0.2, -0.15) is 5.10 Å². The topological polar surface area (TPSA) is 63.8 Å². The summed E-state index contributed by atoms with van der Waals surface area (Å²) in [5.74, 6) is 1.08. The number of hydrogen-bond acceptors (Lipinski definition) is 4. The number of carbonyl (C=O) groups is 1. The van der Waals surface area contributed by atoms with Crippen LogP contribution in [0.15, 0.2) is 52.2 Å². The number of hydrogen-bond donors (Lipinski definition) is 1. The van der Waals surface area contributed by atoms with E-state index in [1.165, 1.54) is 0 Å². The Morgan fingerprint density at radius 1 is 1.30 bits per heavy atom. The lowest BCUT2D eigenvalue weighted by molar-refractivity contribution is 0.0955. The van der Waals surface area contributed by atoms with Crippen LogP contribution in [0.3, 0.4) is 0 Å². The number of furan rings is 1. The van der Waals surface area contributed by atoms with Gasteiger partial charge in [0.15, 0.2) is 0 Å². The predicted octanol–water partition coefficient (Wildman–Crippen LogP) is 2.83. The molecule has 104 valence electrons. The first-order valence-corrected chi connectivity index (χ1v) is 6.32. The van der Waals surface area contributed by atoms with Crippen molar-refractivity contribution in [2.24, 2.45) is 5.10 Å². The molecule has 0 aliphatic carbocycles. The highest BCUT2D eigenvalue weighted by atomic mass is 16.5. The third kappa shape index (κ3) is 3.47. The van der Waals surface area contributed by atoms with Crippen LogP contribution in [0, 0.1) is 0 Å². The molecule has 0 saturated carbocycles. The molecular formula is C15H16N2O3. The van der Waals surface area contributed by atoms with Gasteiger partial charge >= 0.3 is 0 Å². The zero-order chi connectivity index (χ0) is 14.4. The van der Waals surface area contributed by atoms with E-state index in [4.69, 9.17) is 9.15 Å². The highest BCUT2D eigenvalue weighted by molar-refractivity contribution is 5.99. The molecule has 1 aromatic heterocycles. The van der Waals surface area contributed by atoms with Crippen LogP contribution in [0.4, 0.5) is 0 Å². The summed E-state index contributed by atoms with van der Waals surface area (Å²) in [5, 5.41) is 3.99. The fraction of sp³-hybridized carbons (Fsp3) is 0.200. The van der Waals surface area contributed by atoms with Crippen molar-refractivity contribution >= 4 is 11.6 Å². The summed E-state index contributed by atoms with van der Waals surface area (Å²) in [6.45, 7) is 4.27. The average Bonchev–Trinajstić information content (AvgIpc) is 3.00. The van der Waals surface area contributed by atoms with Gasteiger partial charge < -0.3 is 9.15 Å². The van der Waals surface area contributed by atoms with Crippen molar-refractivity contribution in [1.82, 2.24) is 5.43 Å². The molecular weight excluding hydrogens is 256 g/mol. The molecule has 1 aromatic carbocycles. The number of amides is 1. The number of ether oxygens (including phenoxy) is 1. The lowest BCUT2D eigenvalue weighted by atomic mass is 10.2. The molecule has 0 aliphatic rings. The summed E-state index contributed by atoms with van der Waals surface area (Å²) in [4.78, 5) is 11.9. The Hall–Kier alpha value is -2.56. The molecule has 0 unspecified atom stereocenters. The first-order chi connectivity index (χ1) is 9.70. The molecule has 0 bridgehead atoms. The van der Waals surface area contributed by atoms with Crippen molar-refractivity contribution < 1.29 is 13.9 Å². The second-order valence-electron chi connectivity index (χ2n) is 4.07. The minimum Gasteiger partial charge on any atom is -0.494 e. The quantitative estimate of drug-likeness (QED) is 0.672. The Kier molecular flexibility index (Phi) is 4.55. The second kappa shape index (κ2) is 6.56. The minimum atomic E-state index is -0.279. The largest absolute Gasteiger partial charge is 0.494 e. The zero-order valence-corrected chi connectivity index (χ0v) is 11.4. The molecule has 0 saturated heterocycles. The normalized spacial score (nSPS) is 11.2. The first-order valence-electron chi connectivity index (χ1n) is 6.32. The third-order valence-corrected chi connectivity index (χ3v) is 2.63. The van der Waals surface area contributed by atoms with E-state index in [0.717, 1.165) is 5.75 Å².